The van der Waals surface area contributed by atoms with Gasteiger partial charge in [0, 0.05) is 15.5 Å². The van der Waals surface area contributed by atoms with Crippen LogP contribution in [0.5, 0.6) is 0 Å². The van der Waals surface area contributed by atoms with Gasteiger partial charge in [-0.15, -0.1) is 11.3 Å². The van der Waals surface area contributed by atoms with Crippen molar-refractivity contribution in [2.75, 3.05) is 19.0 Å². The Hall–Kier alpha value is -2.38. The number of quaternary nitrogens is 1. The monoisotopic (exact) mass is 491 g/mol. The van der Waals surface area contributed by atoms with Gasteiger partial charge in [-0.2, -0.15) is 0 Å². The number of esters is 1. The molecule has 0 aliphatic rings. The van der Waals surface area contributed by atoms with Gasteiger partial charge in [0.1, 0.15) is 11.5 Å². The minimum atomic E-state index is -0.456. The zero-order valence-corrected chi connectivity index (χ0v) is 20.4. The fourth-order valence-electron chi connectivity index (χ4n) is 3.15. The van der Waals surface area contributed by atoms with Gasteiger partial charge in [0.15, 0.2) is 6.04 Å². The number of carbonyl (C=O) groups excluding carboxylic acids is 2. The van der Waals surface area contributed by atoms with Gasteiger partial charge in [0.2, 0.25) is 0 Å². The Morgan fingerprint density at radius 3 is 2.50 bits per heavy atom. The molecule has 3 rings (SSSR count). The van der Waals surface area contributed by atoms with Crippen LogP contribution in [-0.2, 0) is 16.1 Å². The van der Waals surface area contributed by atoms with E-state index >= 15 is 0 Å². The van der Waals surface area contributed by atoms with Crippen molar-refractivity contribution >= 4 is 51.4 Å². The number of hydrogen-bond acceptors (Lipinski definition) is 4. The van der Waals surface area contributed by atoms with Gasteiger partial charge in [0.25, 0.3) is 5.91 Å². The minimum absolute atomic E-state index is 0.195. The molecule has 5 nitrogen and oxygen atoms in total. The summed E-state index contributed by atoms with van der Waals surface area (Å²) in [5.74, 6) is -0.651. The highest BCUT2D eigenvalue weighted by Crippen LogP contribution is 2.36. The summed E-state index contributed by atoms with van der Waals surface area (Å²) >= 11 is 13.6. The van der Waals surface area contributed by atoms with Gasteiger partial charge in [-0.25, -0.2) is 4.79 Å². The molecule has 0 aliphatic carbocycles. The van der Waals surface area contributed by atoms with E-state index in [1.807, 2.05) is 50.4 Å². The number of hydrogen-bond donors (Lipinski definition) is 2. The fraction of sp³-hybridized carbons (Fsp3) is 0.250. The van der Waals surface area contributed by atoms with Crippen LogP contribution in [0.15, 0.2) is 54.6 Å². The van der Waals surface area contributed by atoms with E-state index in [0.717, 1.165) is 20.9 Å². The van der Waals surface area contributed by atoms with E-state index in [1.165, 1.54) is 11.3 Å². The first-order valence-corrected chi connectivity index (χ1v) is 11.8. The van der Waals surface area contributed by atoms with E-state index in [1.54, 1.807) is 25.1 Å². The number of rotatable bonds is 8. The van der Waals surface area contributed by atoms with Gasteiger partial charge < -0.3 is 15.0 Å². The van der Waals surface area contributed by atoms with Crippen molar-refractivity contribution in [3.63, 3.8) is 0 Å². The van der Waals surface area contributed by atoms with Gasteiger partial charge >= 0.3 is 5.97 Å². The highest BCUT2D eigenvalue weighted by atomic mass is 35.5. The number of thiophene rings is 1. The second-order valence-corrected chi connectivity index (χ2v) is 9.31. The third kappa shape index (κ3) is 5.90. The van der Waals surface area contributed by atoms with Crippen LogP contribution in [0.2, 0.25) is 10.0 Å². The lowest BCUT2D eigenvalue weighted by Crippen LogP contribution is -3.12. The molecule has 2 N–H and O–H groups in total. The molecule has 3 aromatic rings. The summed E-state index contributed by atoms with van der Waals surface area (Å²) in [4.78, 5) is 27.4. The van der Waals surface area contributed by atoms with Gasteiger partial charge in [-0.1, -0.05) is 59.6 Å². The van der Waals surface area contributed by atoms with Crippen LogP contribution >= 0.6 is 34.5 Å². The summed E-state index contributed by atoms with van der Waals surface area (Å²) in [6.07, 6.45) is 0. The highest BCUT2D eigenvalue weighted by molar-refractivity contribution is 7.20. The average molecular weight is 492 g/mol. The van der Waals surface area contributed by atoms with Crippen molar-refractivity contribution in [2.45, 2.75) is 26.4 Å². The Morgan fingerprint density at radius 1 is 1.12 bits per heavy atom. The normalized spacial score (nSPS) is 12.8. The number of carbonyl (C=O) groups is 2. The van der Waals surface area contributed by atoms with Gasteiger partial charge in [0.05, 0.1) is 24.2 Å². The number of anilines is 1. The molecule has 0 saturated carbocycles. The largest absolute Gasteiger partial charge is 0.462 e. The first-order chi connectivity index (χ1) is 15.3. The van der Waals surface area contributed by atoms with Crippen molar-refractivity contribution < 1.29 is 19.2 Å². The van der Waals surface area contributed by atoms with E-state index in [-0.39, 0.29) is 18.6 Å². The molecule has 32 heavy (non-hydrogen) atoms. The molecule has 1 aromatic heterocycles. The zero-order chi connectivity index (χ0) is 23.3. The molecule has 0 saturated heterocycles. The summed E-state index contributed by atoms with van der Waals surface area (Å²) in [6, 6.07) is 16.4. The molecule has 2 atom stereocenters. The van der Waals surface area contributed by atoms with Crippen LogP contribution < -0.4 is 10.2 Å². The van der Waals surface area contributed by atoms with E-state index in [4.69, 9.17) is 27.9 Å². The lowest BCUT2D eigenvalue weighted by molar-refractivity contribution is -0.907. The van der Waals surface area contributed by atoms with E-state index in [9.17, 15) is 9.59 Å². The number of amides is 1. The van der Waals surface area contributed by atoms with Crippen molar-refractivity contribution in [3.8, 4) is 10.4 Å². The van der Waals surface area contributed by atoms with Crippen molar-refractivity contribution in [2.24, 2.45) is 0 Å². The maximum atomic E-state index is 13.0. The molecule has 0 spiro atoms. The predicted molar refractivity (Wildman–Crippen MR) is 131 cm³/mol. The van der Waals surface area contributed by atoms with Crippen LogP contribution in [0.3, 0.4) is 0 Å². The van der Waals surface area contributed by atoms with Crippen LogP contribution in [0.25, 0.3) is 10.4 Å². The highest BCUT2D eigenvalue weighted by Gasteiger charge is 2.26. The summed E-state index contributed by atoms with van der Waals surface area (Å²) < 4.78 is 5.19. The third-order valence-corrected chi connectivity index (χ3v) is 6.83. The van der Waals surface area contributed by atoms with Crippen LogP contribution in [0, 0.1) is 0 Å². The second-order valence-electron chi connectivity index (χ2n) is 7.41. The number of likely N-dealkylation sites (N-methyl/N-ethyl adjacent to an activating group) is 1. The SMILES string of the molecule is CCOC(=O)c1cc(-c2ccccc2)sc1NC(=O)[C@H](C)[NH+](C)Cc1ccc(Cl)cc1Cl. The van der Waals surface area contributed by atoms with E-state index in [0.29, 0.717) is 27.2 Å². The zero-order valence-electron chi connectivity index (χ0n) is 18.1. The Bertz CT molecular complexity index is 1100. The first-order valence-electron chi connectivity index (χ1n) is 10.2. The van der Waals surface area contributed by atoms with Crippen molar-refractivity contribution in [1.29, 1.82) is 0 Å². The fourth-order valence-corrected chi connectivity index (χ4v) is 4.68. The number of ether oxygens (including phenoxy) is 1. The van der Waals surface area contributed by atoms with Gasteiger partial charge in [-0.05, 0) is 37.6 Å². The first kappa shape index (κ1) is 24.3. The molecule has 1 unspecified atom stereocenters. The molecule has 0 aliphatic heterocycles. The molecule has 2 aromatic carbocycles. The van der Waals surface area contributed by atoms with Crippen LogP contribution in [0.4, 0.5) is 5.00 Å². The number of benzene rings is 2. The molecular weight excluding hydrogens is 467 g/mol. The lowest BCUT2D eigenvalue weighted by Gasteiger charge is -2.21. The molecule has 0 radical (unpaired) electrons. The van der Waals surface area contributed by atoms with Gasteiger partial charge in [-0.3, -0.25) is 4.79 Å². The molecule has 168 valence electrons. The molecule has 0 fully saturated rings. The summed E-state index contributed by atoms with van der Waals surface area (Å²) in [5, 5.41) is 4.56. The lowest BCUT2D eigenvalue weighted by atomic mass is 10.1. The molecule has 1 amide bonds. The molecule has 0 bridgehead atoms. The smallest absolute Gasteiger partial charge is 0.341 e. The summed E-state index contributed by atoms with van der Waals surface area (Å²) in [6.45, 7) is 4.40. The third-order valence-electron chi connectivity index (χ3n) is 5.14. The number of halogens is 2. The van der Waals surface area contributed by atoms with Crippen LogP contribution in [0.1, 0.15) is 29.8 Å². The topological polar surface area (TPSA) is 59.8 Å². The molecule has 8 heteroatoms. The predicted octanol–water partition coefficient (Wildman–Crippen LogP) is 4.94. The molecule has 1 heterocycles. The standard InChI is InChI=1S/C24H24Cl2N2O3S/c1-4-31-24(30)19-13-21(16-8-6-5-7-9-16)32-23(19)27-22(29)15(2)28(3)14-17-10-11-18(25)12-20(17)26/h5-13,15H,4,14H2,1-3H3,(H,27,29)/p+1/t15-/m0/s1. The number of nitrogens with one attached hydrogen (secondary N) is 2. The minimum Gasteiger partial charge on any atom is -0.462 e. The summed E-state index contributed by atoms with van der Waals surface area (Å²) in [7, 11) is 1.92. The Labute approximate surface area is 201 Å². The Kier molecular flexibility index (Phi) is 8.32. The second kappa shape index (κ2) is 11.0. The summed E-state index contributed by atoms with van der Waals surface area (Å²) in [5.41, 5.74) is 2.23. The Morgan fingerprint density at radius 2 is 1.84 bits per heavy atom. The van der Waals surface area contributed by atoms with Crippen molar-refractivity contribution in [3.05, 3.63) is 75.8 Å². The van der Waals surface area contributed by atoms with Crippen molar-refractivity contribution in [1.82, 2.24) is 0 Å². The maximum Gasteiger partial charge on any atom is 0.341 e. The van der Waals surface area contributed by atoms with Crippen LogP contribution in [-0.4, -0.2) is 31.6 Å². The van der Waals surface area contributed by atoms with E-state index < -0.39 is 5.97 Å². The molecular formula is C24H25Cl2N2O3S+. The maximum absolute atomic E-state index is 13.0. The Balaban J connectivity index is 1.79. The average Bonchev–Trinajstić information content (AvgIpc) is 3.19. The quantitative estimate of drug-likeness (QED) is 0.438. The van der Waals surface area contributed by atoms with E-state index in [2.05, 4.69) is 5.32 Å².